The Morgan fingerprint density at radius 3 is 2.22 bits per heavy atom. The van der Waals surface area contributed by atoms with Crippen LogP contribution < -0.4 is 16.0 Å². The molecule has 0 fully saturated rings. The van der Waals surface area contributed by atoms with Gasteiger partial charge in [-0.25, -0.2) is 0 Å². The lowest BCUT2D eigenvalue weighted by atomic mass is 10.0. The molecule has 4 N–H and O–H groups in total. The molecule has 41 heavy (non-hydrogen) atoms. The predicted octanol–water partition coefficient (Wildman–Crippen LogP) is 6.11. The molecule has 0 aliphatic carbocycles. The quantitative estimate of drug-likeness (QED) is 0.214. The number of carbonyl (C=O) groups excluding carboxylic acids is 2. The minimum Gasteiger partial charge on any atom is -0.481 e. The van der Waals surface area contributed by atoms with Crippen LogP contribution in [0.15, 0.2) is 59.3 Å². The maximum Gasteiger partial charge on any atom is 0.303 e. The van der Waals surface area contributed by atoms with Crippen molar-refractivity contribution in [3.8, 4) is 11.3 Å². The maximum atomic E-state index is 12.8. The Hall–Kier alpha value is -2.82. The van der Waals surface area contributed by atoms with Gasteiger partial charge in [-0.15, -0.1) is 0 Å². The predicted molar refractivity (Wildman–Crippen MR) is 163 cm³/mol. The fraction of sp³-hybridized carbons (Fsp3) is 0.357. The molecule has 0 saturated carbocycles. The Kier molecular flexibility index (Phi) is 13.9. The number of amides is 2. The molecule has 0 spiro atoms. The van der Waals surface area contributed by atoms with E-state index < -0.39 is 34.7 Å². The third kappa shape index (κ3) is 10.8. The highest BCUT2D eigenvalue weighted by atomic mass is 35.5. The summed E-state index contributed by atoms with van der Waals surface area (Å²) in [6.07, 6.45) is 1.29. The standard InChI is InChI=1S/C21H26Cl2N4O5.C7H6Cl2/c1-12(2)16(26-20(30)15(24)6-7-18(28)29)11-27(21(31)19(22)23)14-5-3-4-13(10-14)17-8-9-25-32-17;1-5-6(8)3-2-4-7(5)9/h3-5,8-10,12,15-16,19H,6-7,11,24H2,1-2H3,(H,26,30)(H,28,29);2-4H,1H3/t15-,16+;/m0./s1. The Bertz CT molecular complexity index is 1280. The van der Waals surface area contributed by atoms with E-state index in [1.54, 1.807) is 30.3 Å². The second kappa shape index (κ2) is 16.6. The first-order valence-electron chi connectivity index (χ1n) is 12.6. The fourth-order valence-corrected chi connectivity index (χ4v) is 4.17. The van der Waals surface area contributed by atoms with E-state index in [0.717, 1.165) is 15.6 Å². The summed E-state index contributed by atoms with van der Waals surface area (Å²) in [6, 6.07) is 12.7. The number of anilines is 1. The van der Waals surface area contributed by atoms with Crippen LogP contribution in [0, 0.1) is 12.8 Å². The summed E-state index contributed by atoms with van der Waals surface area (Å²) in [5.74, 6) is -1.65. The number of carboxylic acid groups (broad SMARTS) is 1. The summed E-state index contributed by atoms with van der Waals surface area (Å²) in [4.78, 5) is 36.1. The summed E-state index contributed by atoms with van der Waals surface area (Å²) in [5, 5.41) is 16.7. The van der Waals surface area contributed by atoms with Gasteiger partial charge in [-0.3, -0.25) is 14.4 Å². The van der Waals surface area contributed by atoms with Gasteiger partial charge in [0.2, 0.25) is 5.91 Å². The van der Waals surface area contributed by atoms with Crippen molar-refractivity contribution in [3.05, 3.63) is 70.3 Å². The van der Waals surface area contributed by atoms with E-state index >= 15 is 0 Å². The van der Waals surface area contributed by atoms with Crippen LogP contribution in [0.1, 0.15) is 32.3 Å². The number of rotatable bonds is 11. The van der Waals surface area contributed by atoms with Gasteiger partial charge in [-0.1, -0.05) is 83.6 Å². The third-order valence-corrected chi connectivity index (χ3v) is 7.24. The van der Waals surface area contributed by atoms with Crippen molar-refractivity contribution in [3.63, 3.8) is 0 Å². The van der Waals surface area contributed by atoms with Crippen molar-refractivity contribution >= 4 is 69.9 Å². The van der Waals surface area contributed by atoms with Crippen molar-refractivity contribution < 1.29 is 24.0 Å². The molecular formula is C28H32Cl4N4O5. The zero-order valence-corrected chi connectivity index (χ0v) is 25.7. The first kappa shape index (κ1) is 34.4. The summed E-state index contributed by atoms with van der Waals surface area (Å²) in [7, 11) is 0. The van der Waals surface area contributed by atoms with Gasteiger partial charge in [0, 0.05) is 46.4 Å². The highest BCUT2D eigenvalue weighted by molar-refractivity contribution is 6.54. The Morgan fingerprint density at radius 2 is 1.71 bits per heavy atom. The molecule has 2 amide bonds. The second-order valence-corrected chi connectivity index (χ2v) is 11.3. The zero-order valence-electron chi connectivity index (χ0n) is 22.7. The lowest BCUT2D eigenvalue weighted by molar-refractivity contribution is -0.137. The van der Waals surface area contributed by atoms with Crippen molar-refractivity contribution in [2.24, 2.45) is 11.7 Å². The van der Waals surface area contributed by atoms with Crippen LogP contribution in [0.4, 0.5) is 5.69 Å². The summed E-state index contributed by atoms with van der Waals surface area (Å²) < 4.78 is 5.18. The number of hydrogen-bond acceptors (Lipinski definition) is 6. The van der Waals surface area contributed by atoms with E-state index in [2.05, 4.69) is 10.5 Å². The van der Waals surface area contributed by atoms with Gasteiger partial charge in [-0.2, -0.15) is 0 Å². The number of nitrogens with one attached hydrogen (secondary N) is 1. The molecule has 3 aromatic rings. The Balaban J connectivity index is 0.000000553. The van der Waals surface area contributed by atoms with Crippen molar-refractivity contribution in [2.45, 2.75) is 50.5 Å². The third-order valence-electron chi connectivity index (χ3n) is 6.05. The van der Waals surface area contributed by atoms with Gasteiger partial charge in [0.05, 0.1) is 12.2 Å². The zero-order chi connectivity index (χ0) is 30.7. The van der Waals surface area contributed by atoms with Crippen molar-refractivity contribution in [1.82, 2.24) is 10.5 Å². The van der Waals surface area contributed by atoms with Crippen LogP contribution in [0.5, 0.6) is 0 Å². The molecule has 222 valence electrons. The number of aromatic nitrogens is 1. The smallest absolute Gasteiger partial charge is 0.303 e. The molecule has 0 aliphatic rings. The number of carboxylic acids is 1. The van der Waals surface area contributed by atoms with E-state index in [0.29, 0.717) is 17.0 Å². The molecular weight excluding hydrogens is 614 g/mol. The van der Waals surface area contributed by atoms with Crippen molar-refractivity contribution in [2.75, 3.05) is 11.4 Å². The van der Waals surface area contributed by atoms with E-state index in [-0.39, 0.29) is 25.3 Å². The molecule has 0 radical (unpaired) electrons. The molecule has 2 aromatic carbocycles. The van der Waals surface area contributed by atoms with Gasteiger partial charge < -0.3 is 25.6 Å². The molecule has 9 nitrogen and oxygen atoms in total. The molecule has 0 bridgehead atoms. The largest absolute Gasteiger partial charge is 0.481 e. The van der Waals surface area contributed by atoms with E-state index in [4.69, 9.17) is 61.8 Å². The lowest BCUT2D eigenvalue weighted by Gasteiger charge is -2.31. The second-order valence-electron chi connectivity index (χ2n) is 9.42. The first-order chi connectivity index (χ1) is 19.3. The number of hydrogen-bond donors (Lipinski definition) is 3. The first-order valence-corrected chi connectivity index (χ1v) is 14.2. The average molecular weight is 646 g/mol. The van der Waals surface area contributed by atoms with Crippen LogP contribution >= 0.6 is 46.4 Å². The molecule has 0 unspecified atom stereocenters. The number of benzene rings is 2. The minimum atomic E-state index is -1.31. The van der Waals surface area contributed by atoms with E-state index in [1.807, 2.05) is 39.0 Å². The fourth-order valence-electron chi connectivity index (χ4n) is 3.53. The summed E-state index contributed by atoms with van der Waals surface area (Å²) in [6.45, 7) is 5.72. The van der Waals surface area contributed by atoms with E-state index in [9.17, 15) is 14.4 Å². The highest BCUT2D eigenvalue weighted by Crippen LogP contribution is 2.27. The van der Waals surface area contributed by atoms with Crippen LogP contribution in [0.25, 0.3) is 11.3 Å². The van der Waals surface area contributed by atoms with Gasteiger partial charge >= 0.3 is 5.97 Å². The van der Waals surface area contributed by atoms with E-state index in [1.165, 1.54) is 11.1 Å². The number of nitrogens with zero attached hydrogens (tertiary/aromatic N) is 2. The van der Waals surface area contributed by atoms with Gasteiger partial charge in [0.1, 0.15) is 0 Å². The normalized spacial score (nSPS) is 12.3. The molecule has 1 aromatic heterocycles. The van der Waals surface area contributed by atoms with Crippen molar-refractivity contribution in [1.29, 1.82) is 0 Å². The van der Waals surface area contributed by atoms with Crippen LogP contribution in [-0.4, -0.2) is 51.5 Å². The molecule has 0 saturated heterocycles. The number of nitrogens with two attached hydrogens (primary N) is 1. The van der Waals surface area contributed by atoms with Gasteiger partial charge in [-0.05, 0) is 49.1 Å². The molecule has 2 atom stereocenters. The molecule has 3 rings (SSSR count). The Labute approximate surface area is 258 Å². The number of halogens is 4. The highest BCUT2D eigenvalue weighted by Gasteiger charge is 2.29. The summed E-state index contributed by atoms with van der Waals surface area (Å²) >= 11 is 23.2. The lowest BCUT2D eigenvalue weighted by Crippen LogP contribution is -2.53. The van der Waals surface area contributed by atoms with Crippen LogP contribution in [-0.2, 0) is 14.4 Å². The monoisotopic (exact) mass is 644 g/mol. The molecule has 1 heterocycles. The molecule has 13 heteroatoms. The Morgan fingerprint density at radius 1 is 1.07 bits per heavy atom. The number of carbonyl (C=O) groups is 3. The minimum absolute atomic E-state index is 0.000706. The van der Waals surface area contributed by atoms with Gasteiger partial charge in [0.25, 0.3) is 5.91 Å². The topological polar surface area (TPSA) is 139 Å². The molecule has 0 aliphatic heterocycles. The van der Waals surface area contributed by atoms with Crippen LogP contribution in [0.3, 0.4) is 0 Å². The number of aliphatic carboxylic acids is 1. The maximum absolute atomic E-state index is 12.8. The summed E-state index contributed by atoms with van der Waals surface area (Å²) in [5.41, 5.74) is 7.97. The van der Waals surface area contributed by atoms with Crippen LogP contribution in [0.2, 0.25) is 10.0 Å². The SMILES string of the molecule is CC(C)[C@@H](CN(C(=O)C(Cl)Cl)c1cccc(-c2ccno2)c1)NC(=O)[C@@H](N)CCC(=O)O.Cc1c(Cl)cccc1Cl. The number of alkyl halides is 2. The van der Waals surface area contributed by atoms with Gasteiger partial charge in [0.15, 0.2) is 10.6 Å². The average Bonchev–Trinajstić information content (AvgIpc) is 3.47.